The van der Waals surface area contributed by atoms with Gasteiger partial charge in [0, 0.05) is 12.6 Å². The van der Waals surface area contributed by atoms with Crippen LogP contribution in [0, 0.1) is 5.92 Å². The first kappa shape index (κ1) is 23.0. The molecule has 0 aromatic heterocycles. The molecular formula is C22H27N5O5S. The molecule has 10 nitrogen and oxygen atoms in total. The largest absolute Gasteiger partial charge is 0.497 e. The van der Waals surface area contributed by atoms with E-state index >= 15 is 0 Å². The molecule has 4 N–H and O–H groups in total. The standard InChI is InChI=1S/C22H27N5O5S/c1-30-13-8-9-15(18(10-13)32-3)24-19(28)12-33-22-25-20-14(21(29)26-22)11-23-27(20)16-6-4-5-7-17(16)31-2/h4-10,14,20,22-23,25H,11-12H2,1-3H3,(H,24,28)(H,26,29). The Labute approximate surface area is 196 Å². The molecule has 0 spiro atoms. The van der Waals surface area contributed by atoms with Crippen LogP contribution in [0.5, 0.6) is 17.2 Å². The minimum absolute atomic E-state index is 0.0709. The van der Waals surface area contributed by atoms with Gasteiger partial charge in [-0.15, -0.1) is 11.8 Å². The Morgan fingerprint density at radius 2 is 1.91 bits per heavy atom. The summed E-state index contributed by atoms with van der Waals surface area (Å²) in [7, 11) is 4.71. The Bertz CT molecular complexity index is 1020. The third-order valence-corrected chi connectivity index (χ3v) is 6.50. The van der Waals surface area contributed by atoms with Crippen LogP contribution in [0.15, 0.2) is 42.5 Å². The SMILES string of the molecule is COc1ccc(NC(=O)CSC2NC(=O)C3CNN(c4ccccc4OC)C3N2)c(OC)c1. The molecule has 33 heavy (non-hydrogen) atoms. The number of methoxy groups -OCH3 is 3. The van der Waals surface area contributed by atoms with Gasteiger partial charge in [-0.25, -0.2) is 5.43 Å². The van der Waals surface area contributed by atoms with Gasteiger partial charge < -0.3 is 24.8 Å². The Morgan fingerprint density at radius 1 is 1.12 bits per heavy atom. The number of carbonyl (C=O) groups is 2. The van der Waals surface area contributed by atoms with Crippen molar-refractivity contribution in [3.8, 4) is 17.2 Å². The van der Waals surface area contributed by atoms with Gasteiger partial charge in [0.25, 0.3) is 0 Å². The van der Waals surface area contributed by atoms with Gasteiger partial charge in [-0.2, -0.15) is 0 Å². The number of hydrazine groups is 1. The van der Waals surface area contributed by atoms with E-state index in [1.807, 2.05) is 29.3 Å². The third kappa shape index (κ3) is 4.95. The summed E-state index contributed by atoms with van der Waals surface area (Å²) >= 11 is 1.30. The first-order valence-electron chi connectivity index (χ1n) is 10.4. The topological polar surface area (TPSA) is 113 Å². The molecule has 0 saturated carbocycles. The minimum atomic E-state index is -0.431. The van der Waals surface area contributed by atoms with E-state index in [2.05, 4.69) is 21.4 Å². The van der Waals surface area contributed by atoms with Gasteiger partial charge in [0.05, 0.1) is 44.4 Å². The van der Waals surface area contributed by atoms with Gasteiger partial charge in [-0.3, -0.25) is 19.9 Å². The monoisotopic (exact) mass is 473 g/mol. The van der Waals surface area contributed by atoms with E-state index in [9.17, 15) is 9.59 Å². The van der Waals surface area contributed by atoms with Crippen molar-refractivity contribution in [2.24, 2.45) is 5.92 Å². The van der Waals surface area contributed by atoms with Crippen LogP contribution in [0.25, 0.3) is 0 Å². The number of fused-ring (bicyclic) bond motifs is 1. The lowest BCUT2D eigenvalue weighted by molar-refractivity contribution is -0.127. The molecule has 176 valence electrons. The molecule has 2 heterocycles. The summed E-state index contributed by atoms with van der Waals surface area (Å²) in [5.41, 5.74) is 4.23. The predicted octanol–water partition coefficient (Wildman–Crippen LogP) is 1.35. The lowest BCUT2D eigenvalue weighted by atomic mass is 10.0. The lowest BCUT2D eigenvalue weighted by Gasteiger charge is -2.37. The molecule has 4 rings (SSSR count). The summed E-state index contributed by atoms with van der Waals surface area (Å²) < 4.78 is 16.0. The van der Waals surface area contributed by atoms with Crippen LogP contribution < -0.4 is 40.6 Å². The smallest absolute Gasteiger partial charge is 0.234 e. The summed E-state index contributed by atoms with van der Waals surface area (Å²) in [6.07, 6.45) is -0.280. The van der Waals surface area contributed by atoms with E-state index in [0.717, 1.165) is 5.69 Å². The van der Waals surface area contributed by atoms with Crippen molar-refractivity contribution in [1.82, 2.24) is 16.1 Å². The Kier molecular flexibility index (Phi) is 7.11. The van der Waals surface area contributed by atoms with Crippen molar-refractivity contribution in [3.63, 3.8) is 0 Å². The highest BCUT2D eigenvalue weighted by atomic mass is 32.2. The molecule has 3 unspecified atom stereocenters. The number of thioether (sulfide) groups is 1. The number of anilines is 2. The number of benzene rings is 2. The molecule has 0 radical (unpaired) electrons. The van der Waals surface area contributed by atoms with Crippen molar-refractivity contribution < 1.29 is 23.8 Å². The first-order valence-corrected chi connectivity index (χ1v) is 11.4. The zero-order valence-corrected chi connectivity index (χ0v) is 19.4. The molecule has 2 aliphatic heterocycles. The molecule has 0 bridgehead atoms. The molecule has 2 amide bonds. The first-order chi connectivity index (χ1) is 16.0. The minimum Gasteiger partial charge on any atom is -0.497 e. The molecule has 2 aromatic rings. The van der Waals surface area contributed by atoms with Crippen molar-refractivity contribution >= 4 is 35.0 Å². The van der Waals surface area contributed by atoms with Crippen molar-refractivity contribution in [2.45, 2.75) is 11.7 Å². The zero-order chi connectivity index (χ0) is 23.4. The zero-order valence-electron chi connectivity index (χ0n) is 18.6. The Balaban J connectivity index is 1.39. The maximum Gasteiger partial charge on any atom is 0.234 e. The fourth-order valence-electron chi connectivity index (χ4n) is 3.85. The molecule has 11 heteroatoms. The van der Waals surface area contributed by atoms with Gasteiger partial charge in [-0.05, 0) is 24.3 Å². The van der Waals surface area contributed by atoms with Crippen LogP contribution in [-0.4, -0.2) is 57.1 Å². The van der Waals surface area contributed by atoms with Crippen LogP contribution >= 0.6 is 11.8 Å². The van der Waals surface area contributed by atoms with Crippen LogP contribution in [0.4, 0.5) is 11.4 Å². The normalized spacial score (nSPS) is 21.7. The highest BCUT2D eigenvalue weighted by Gasteiger charge is 2.44. The fraction of sp³-hybridized carbons (Fsp3) is 0.364. The van der Waals surface area contributed by atoms with Gasteiger partial charge in [0.1, 0.15) is 28.9 Å². The van der Waals surface area contributed by atoms with Crippen LogP contribution in [0.3, 0.4) is 0 Å². The molecule has 0 aliphatic carbocycles. The molecular weight excluding hydrogens is 446 g/mol. The molecule has 2 aromatic carbocycles. The summed E-state index contributed by atoms with van der Waals surface area (Å²) in [5, 5.41) is 11.1. The molecule has 3 atom stereocenters. The summed E-state index contributed by atoms with van der Waals surface area (Å²) in [6.45, 7) is 0.497. The van der Waals surface area contributed by atoms with E-state index in [-0.39, 0.29) is 29.7 Å². The molecule has 2 saturated heterocycles. The van der Waals surface area contributed by atoms with E-state index < -0.39 is 5.50 Å². The van der Waals surface area contributed by atoms with E-state index in [1.54, 1.807) is 32.4 Å². The van der Waals surface area contributed by atoms with E-state index in [0.29, 0.717) is 29.5 Å². The highest BCUT2D eigenvalue weighted by molar-refractivity contribution is 8.00. The second kappa shape index (κ2) is 10.2. The van der Waals surface area contributed by atoms with Gasteiger partial charge in [0.2, 0.25) is 11.8 Å². The third-order valence-electron chi connectivity index (χ3n) is 5.48. The van der Waals surface area contributed by atoms with Gasteiger partial charge in [-0.1, -0.05) is 12.1 Å². The maximum atomic E-state index is 12.7. The van der Waals surface area contributed by atoms with Crippen molar-refractivity contribution in [2.75, 3.05) is 44.0 Å². The number of carbonyl (C=O) groups excluding carboxylic acids is 2. The van der Waals surface area contributed by atoms with Crippen molar-refractivity contribution in [1.29, 1.82) is 0 Å². The number of nitrogens with one attached hydrogen (secondary N) is 4. The number of rotatable bonds is 8. The Hall–Kier alpha value is -3.15. The second-order valence-corrected chi connectivity index (χ2v) is 8.53. The van der Waals surface area contributed by atoms with Gasteiger partial charge in [0.15, 0.2) is 0 Å². The number of amides is 2. The number of para-hydroxylation sites is 2. The van der Waals surface area contributed by atoms with E-state index in [4.69, 9.17) is 14.2 Å². The average Bonchev–Trinajstić information content (AvgIpc) is 3.27. The lowest BCUT2D eigenvalue weighted by Crippen LogP contribution is -2.63. The molecule has 2 fully saturated rings. The maximum absolute atomic E-state index is 12.7. The van der Waals surface area contributed by atoms with E-state index in [1.165, 1.54) is 18.9 Å². The highest BCUT2D eigenvalue weighted by Crippen LogP contribution is 2.33. The summed E-state index contributed by atoms with van der Waals surface area (Å²) in [4.78, 5) is 25.3. The van der Waals surface area contributed by atoms with Crippen LogP contribution in [0.2, 0.25) is 0 Å². The number of ether oxygens (including phenoxy) is 3. The van der Waals surface area contributed by atoms with Crippen LogP contribution in [-0.2, 0) is 9.59 Å². The predicted molar refractivity (Wildman–Crippen MR) is 126 cm³/mol. The molecule has 2 aliphatic rings. The number of hydrogen-bond donors (Lipinski definition) is 4. The fourth-order valence-corrected chi connectivity index (χ4v) is 4.67. The number of hydrogen-bond acceptors (Lipinski definition) is 9. The Morgan fingerprint density at radius 3 is 2.67 bits per heavy atom. The van der Waals surface area contributed by atoms with Crippen LogP contribution in [0.1, 0.15) is 0 Å². The average molecular weight is 474 g/mol. The van der Waals surface area contributed by atoms with Crippen molar-refractivity contribution in [3.05, 3.63) is 42.5 Å². The summed E-state index contributed by atoms with van der Waals surface area (Å²) in [6, 6.07) is 12.8. The number of nitrogens with zero attached hydrogens (tertiary/aromatic N) is 1. The summed E-state index contributed by atoms with van der Waals surface area (Å²) in [5.74, 6) is 1.41. The quantitative estimate of drug-likeness (QED) is 0.451. The second-order valence-electron chi connectivity index (χ2n) is 7.44. The van der Waals surface area contributed by atoms with Gasteiger partial charge >= 0.3 is 0 Å².